The average molecular weight is 399 g/mol. The number of piperazine rings is 1. The highest BCUT2D eigenvalue weighted by Crippen LogP contribution is 2.35. The molecule has 1 heterocycles. The molecule has 1 aromatic rings. The third-order valence-corrected chi connectivity index (χ3v) is 5.95. The SMILES string of the molecule is C=CCNC(=O)CN1CCN(CC(=O)N(Cc2ccccc2)C(C)C2CC2)CC1. The number of nitrogens with one attached hydrogen (secondary N) is 1. The summed E-state index contributed by atoms with van der Waals surface area (Å²) in [7, 11) is 0. The summed E-state index contributed by atoms with van der Waals surface area (Å²) in [5, 5.41) is 2.82. The van der Waals surface area contributed by atoms with Crippen LogP contribution >= 0.6 is 0 Å². The van der Waals surface area contributed by atoms with Crippen molar-refractivity contribution < 1.29 is 9.59 Å². The predicted octanol–water partition coefficient (Wildman–Crippen LogP) is 1.73. The summed E-state index contributed by atoms with van der Waals surface area (Å²) < 4.78 is 0. The summed E-state index contributed by atoms with van der Waals surface area (Å²) in [5.74, 6) is 0.890. The number of benzene rings is 1. The largest absolute Gasteiger partial charge is 0.352 e. The van der Waals surface area contributed by atoms with Gasteiger partial charge in [-0.2, -0.15) is 0 Å². The lowest BCUT2D eigenvalue weighted by Crippen LogP contribution is -2.52. The molecule has 2 amide bonds. The first kappa shape index (κ1) is 21.5. The molecule has 0 spiro atoms. The van der Waals surface area contributed by atoms with Gasteiger partial charge in [-0.1, -0.05) is 36.4 Å². The van der Waals surface area contributed by atoms with Gasteiger partial charge in [0.15, 0.2) is 0 Å². The number of hydrogen-bond acceptors (Lipinski definition) is 4. The molecule has 1 aliphatic heterocycles. The number of rotatable bonds is 10. The van der Waals surface area contributed by atoms with Crippen LogP contribution in [0.15, 0.2) is 43.0 Å². The Bertz CT molecular complexity index is 681. The zero-order valence-electron chi connectivity index (χ0n) is 17.6. The fourth-order valence-electron chi connectivity index (χ4n) is 3.91. The Kier molecular flexibility index (Phi) is 7.83. The lowest BCUT2D eigenvalue weighted by Gasteiger charge is -2.36. The van der Waals surface area contributed by atoms with Gasteiger partial charge in [-0.15, -0.1) is 6.58 Å². The highest BCUT2D eigenvalue weighted by molar-refractivity contribution is 5.79. The fraction of sp³-hybridized carbons (Fsp3) is 0.565. The topological polar surface area (TPSA) is 55.9 Å². The van der Waals surface area contributed by atoms with Gasteiger partial charge in [0.2, 0.25) is 11.8 Å². The molecule has 1 aliphatic carbocycles. The molecule has 1 aromatic carbocycles. The van der Waals surface area contributed by atoms with Crippen LogP contribution < -0.4 is 5.32 Å². The van der Waals surface area contributed by atoms with Crippen LogP contribution in [-0.2, 0) is 16.1 Å². The quantitative estimate of drug-likeness (QED) is 0.610. The second kappa shape index (κ2) is 10.6. The van der Waals surface area contributed by atoms with Crippen molar-refractivity contribution >= 4 is 11.8 Å². The standard InChI is InChI=1S/C23H34N4O2/c1-3-11-24-22(28)17-25-12-14-26(15-13-25)18-23(29)27(19(2)21-9-10-21)16-20-7-5-4-6-8-20/h3-8,19,21H,1,9-18H2,2H3,(H,24,28). The Morgan fingerprint density at radius 1 is 1.14 bits per heavy atom. The molecule has 0 bridgehead atoms. The fourth-order valence-corrected chi connectivity index (χ4v) is 3.91. The maximum Gasteiger partial charge on any atom is 0.237 e. The van der Waals surface area contributed by atoms with E-state index >= 15 is 0 Å². The monoisotopic (exact) mass is 398 g/mol. The van der Waals surface area contributed by atoms with E-state index in [-0.39, 0.29) is 17.9 Å². The molecule has 0 aromatic heterocycles. The van der Waals surface area contributed by atoms with Crippen molar-refractivity contribution in [3.63, 3.8) is 0 Å². The third-order valence-electron chi connectivity index (χ3n) is 5.95. The molecule has 3 rings (SSSR count). The Morgan fingerprint density at radius 2 is 1.76 bits per heavy atom. The van der Waals surface area contributed by atoms with E-state index in [1.54, 1.807) is 6.08 Å². The summed E-state index contributed by atoms with van der Waals surface area (Å²) >= 11 is 0. The normalized spacial score (nSPS) is 18.8. The van der Waals surface area contributed by atoms with Gasteiger partial charge in [0.25, 0.3) is 0 Å². The first-order valence-corrected chi connectivity index (χ1v) is 10.7. The van der Waals surface area contributed by atoms with Gasteiger partial charge in [-0.25, -0.2) is 0 Å². The third kappa shape index (κ3) is 6.68. The van der Waals surface area contributed by atoms with Gasteiger partial charge < -0.3 is 10.2 Å². The molecule has 1 saturated carbocycles. The number of carbonyl (C=O) groups is 2. The van der Waals surface area contributed by atoms with Gasteiger partial charge in [-0.05, 0) is 31.2 Å². The average Bonchev–Trinajstić information content (AvgIpc) is 3.57. The minimum atomic E-state index is 0.0294. The molecule has 2 fully saturated rings. The molecule has 0 radical (unpaired) electrons. The van der Waals surface area contributed by atoms with Crippen molar-refractivity contribution in [2.75, 3.05) is 45.8 Å². The van der Waals surface area contributed by atoms with Crippen molar-refractivity contribution in [2.45, 2.75) is 32.4 Å². The first-order chi connectivity index (χ1) is 14.1. The maximum absolute atomic E-state index is 13.2. The van der Waals surface area contributed by atoms with Crippen molar-refractivity contribution in [3.05, 3.63) is 48.6 Å². The van der Waals surface area contributed by atoms with E-state index in [0.717, 1.165) is 26.2 Å². The molecule has 29 heavy (non-hydrogen) atoms. The highest BCUT2D eigenvalue weighted by atomic mass is 16.2. The Morgan fingerprint density at radius 3 is 2.34 bits per heavy atom. The molecule has 6 nitrogen and oxygen atoms in total. The second-order valence-corrected chi connectivity index (χ2v) is 8.23. The molecule has 1 unspecified atom stereocenters. The van der Waals surface area contributed by atoms with Gasteiger partial charge in [0.1, 0.15) is 0 Å². The van der Waals surface area contributed by atoms with Gasteiger partial charge >= 0.3 is 0 Å². The van der Waals surface area contributed by atoms with E-state index in [0.29, 0.717) is 32.1 Å². The van der Waals surface area contributed by atoms with Crippen LogP contribution in [0.25, 0.3) is 0 Å². The van der Waals surface area contributed by atoms with Crippen LogP contribution in [0.1, 0.15) is 25.3 Å². The summed E-state index contributed by atoms with van der Waals surface area (Å²) in [6, 6.07) is 10.6. The number of nitrogens with zero attached hydrogens (tertiary/aromatic N) is 3. The molecular weight excluding hydrogens is 364 g/mol. The van der Waals surface area contributed by atoms with Crippen LogP contribution in [0.2, 0.25) is 0 Å². The van der Waals surface area contributed by atoms with Crippen molar-refractivity contribution in [2.24, 2.45) is 5.92 Å². The van der Waals surface area contributed by atoms with E-state index < -0.39 is 0 Å². The van der Waals surface area contributed by atoms with Crippen molar-refractivity contribution in [1.82, 2.24) is 20.0 Å². The molecular formula is C23H34N4O2. The second-order valence-electron chi connectivity index (χ2n) is 8.23. The first-order valence-electron chi connectivity index (χ1n) is 10.7. The molecule has 6 heteroatoms. The summed E-state index contributed by atoms with van der Waals surface area (Å²) in [6.07, 6.45) is 4.14. The summed E-state index contributed by atoms with van der Waals surface area (Å²) in [5.41, 5.74) is 1.18. The van der Waals surface area contributed by atoms with E-state index in [1.807, 2.05) is 18.2 Å². The van der Waals surface area contributed by atoms with Gasteiger partial charge in [0, 0.05) is 45.3 Å². The molecule has 158 valence electrons. The highest BCUT2D eigenvalue weighted by Gasteiger charge is 2.35. The zero-order chi connectivity index (χ0) is 20.6. The van der Waals surface area contributed by atoms with E-state index in [2.05, 4.69) is 45.7 Å². The van der Waals surface area contributed by atoms with E-state index in [4.69, 9.17) is 0 Å². The number of carbonyl (C=O) groups excluding carboxylic acids is 2. The van der Waals surface area contributed by atoms with E-state index in [1.165, 1.54) is 18.4 Å². The molecule has 1 N–H and O–H groups in total. The predicted molar refractivity (Wildman–Crippen MR) is 115 cm³/mol. The Hall–Kier alpha value is -2.18. The van der Waals surface area contributed by atoms with Crippen LogP contribution in [-0.4, -0.2) is 78.4 Å². The van der Waals surface area contributed by atoms with Crippen LogP contribution in [0, 0.1) is 5.92 Å². The number of hydrogen-bond donors (Lipinski definition) is 1. The zero-order valence-corrected chi connectivity index (χ0v) is 17.6. The van der Waals surface area contributed by atoms with Crippen LogP contribution in [0.5, 0.6) is 0 Å². The van der Waals surface area contributed by atoms with Gasteiger partial charge in [0.05, 0.1) is 13.1 Å². The number of amides is 2. The smallest absolute Gasteiger partial charge is 0.237 e. The Balaban J connectivity index is 1.49. The lowest BCUT2D eigenvalue weighted by atomic mass is 10.1. The van der Waals surface area contributed by atoms with Crippen molar-refractivity contribution in [3.8, 4) is 0 Å². The summed E-state index contributed by atoms with van der Waals surface area (Å²) in [6.45, 7) is 11.1. The maximum atomic E-state index is 13.2. The van der Waals surface area contributed by atoms with Crippen molar-refractivity contribution in [1.29, 1.82) is 0 Å². The minimum Gasteiger partial charge on any atom is -0.352 e. The summed E-state index contributed by atoms with van der Waals surface area (Å²) in [4.78, 5) is 31.5. The van der Waals surface area contributed by atoms with Gasteiger partial charge in [-0.3, -0.25) is 19.4 Å². The molecule has 1 atom stereocenters. The molecule has 2 aliphatic rings. The Labute approximate surface area is 174 Å². The van der Waals surface area contributed by atoms with Crippen LogP contribution in [0.3, 0.4) is 0 Å². The van der Waals surface area contributed by atoms with Crippen LogP contribution in [0.4, 0.5) is 0 Å². The molecule has 1 saturated heterocycles. The van der Waals surface area contributed by atoms with E-state index in [9.17, 15) is 9.59 Å². The lowest BCUT2D eigenvalue weighted by molar-refractivity contribution is -0.136. The minimum absolute atomic E-state index is 0.0294.